The highest BCUT2D eigenvalue weighted by Gasteiger charge is 2.26. The summed E-state index contributed by atoms with van der Waals surface area (Å²) in [6.07, 6.45) is 2.81. The molecule has 1 aromatic heterocycles. The van der Waals surface area contributed by atoms with E-state index in [4.69, 9.17) is 15.5 Å². The van der Waals surface area contributed by atoms with E-state index in [9.17, 15) is 15.0 Å². The highest BCUT2D eigenvalue weighted by molar-refractivity contribution is 7.14. The van der Waals surface area contributed by atoms with Crippen LogP contribution >= 0.6 is 11.3 Å². The van der Waals surface area contributed by atoms with Gasteiger partial charge in [0.05, 0.1) is 17.7 Å². The van der Waals surface area contributed by atoms with Crippen molar-refractivity contribution < 1.29 is 19.7 Å². The van der Waals surface area contributed by atoms with Crippen molar-refractivity contribution >= 4 is 28.1 Å². The van der Waals surface area contributed by atoms with Gasteiger partial charge in [-0.25, -0.2) is 4.98 Å². The molecule has 0 aliphatic carbocycles. The van der Waals surface area contributed by atoms with Gasteiger partial charge >= 0.3 is 5.97 Å². The number of carboxylic acid groups (broad SMARTS) is 1. The number of likely N-dealkylation sites (tertiary alicyclic amines) is 1. The van der Waals surface area contributed by atoms with Gasteiger partial charge in [-0.2, -0.15) is 0 Å². The molecule has 0 amide bonds. The number of thiazole rings is 1. The molecule has 3 aromatic rings. The second-order valence-electron chi connectivity index (χ2n) is 10.4. The van der Waals surface area contributed by atoms with Gasteiger partial charge in [0, 0.05) is 49.4 Å². The molecule has 2 aliphatic rings. The van der Waals surface area contributed by atoms with Crippen molar-refractivity contribution in [1.29, 1.82) is 0 Å². The minimum Gasteiger partial charge on any atom is -0.488 e. The van der Waals surface area contributed by atoms with Gasteiger partial charge in [0.25, 0.3) is 0 Å². The number of anilines is 2. The first-order valence-corrected chi connectivity index (χ1v) is 14.2. The van der Waals surface area contributed by atoms with Crippen molar-refractivity contribution in [3.63, 3.8) is 0 Å². The fourth-order valence-corrected chi connectivity index (χ4v) is 6.11. The minimum atomic E-state index is -0.710. The number of nitrogens with zero attached hydrogens (tertiary/aromatic N) is 3. The number of carboxylic acids is 1. The van der Waals surface area contributed by atoms with Crippen LogP contribution in [0.5, 0.6) is 5.75 Å². The van der Waals surface area contributed by atoms with E-state index in [1.165, 1.54) is 11.1 Å². The van der Waals surface area contributed by atoms with Crippen LogP contribution in [0.25, 0.3) is 11.3 Å². The van der Waals surface area contributed by atoms with E-state index in [1.807, 2.05) is 23.6 Å². The van der Waals surface area contributed by atoms with Gasteiger partial charge in [-0.15, -0.1) is 11.3 Å². The molecule has 4 N–H and O–H groups in total. The third-order valence-electron chi connectivity index (χ3n) is 7.64. The predicted octanol–water partition coefficient (Wildman–Crippen LogP) is 4.54. The molecule has 0 saturated carbocycles. The Kier molecular flexibility index (Phi) is 8.16. The van der Waals surface area contributed by atoms with Crippen LogP contribution in [0.3, 0.4) is 0 Å². The lowest BCUT2D eigenvalue weighted by molar-refractivity contribution is -0.142. The maximum Gasteiger partial charge on any atom is 0.306 e. The van der Waals surface area contributed by atoms with Crippen LogP contribution in [0.4, 0.5) is 10.8 Å². The quantitative estimate of drug-likeness (QED) is 0.360. The first-order valence-electron chi connectivity index (χ1n) is 13.3. The molecular formula is C29H36N4O4S. The number of nitrogen functional groups attached to an aromatic ring is 1. The van der Waals surface area contributed by atoms with Gasteiger partial charge in [-0.05, 0) is 67.5 Å². The molecule has 2 aliphatic heterocycles. The molecule has 8 nitrogen and oxygen atoms in total. The molecule has 0 atom stereocenters. The number of piperidine rings is 2. The summed E-state index contributed by atoms with van der Waals surface area (Å²) in [5.74, 6) is -0.245. The van der Waals surface area contributed by atoms with Gasteiger partial charge in [-0.3, -0.25) is 9.69 Å². The molecule has 0 radical (unpaired) electrons. The summed E-state index contributed by atoms with van der Waals surface area (Å²) in [6, 6.07) is 12.2. The number of rotatable bonds is 8. The molecule has 9 heteroatoms. The highest BCUT2D eigenvalue weighted by atomic mass is 32.1. The van der Waals surface area contributed by atoms with Crippen LogP contribution in [-0.4, -0.2) is 58.3 Å². The summed E-state index contributed by atoms with van der Waals surface area (Å²) in [7, 11) is 0. The number of nitrogens with two attached hydrogens (primary N) is 1. The Bertz CT molecular complexity index is 1260. The Morgan fingerprint density at radius 2 is 1.87 bits per heavy atom. The number of aliphatic hydroxyl groups is 1. The lowest BCUT2D eigenvalue weighted by Crippen LogP contribution is -2.36. The van der Waals surface area contributed by atoms with Crippen molar-refractivity contribution in [3.05, 3.63) is 58.5 Å². The van der Waals surface area contributed by atoms with Gasteiger partial charge in [0.1, 0.15) is 12.4 Å². The van der Waals surface area contributed by atoms with Crippen LogP contribution in [0, 0.1) is 12.8 Å². The van der Waals surface area contributed by atoms with Gasteiger partial charge in [-0.1, -0.05) is 18.2 Å². The fourth-order valence-electron chi connectivity index (χ4n) is 5.23. The van der Waals surface area contributed by atoms with Crippen LogP contribution < -0.4 is 15.4 Å². The summed E-state index contributed by atoms with van der Waals surface area (Å²) in [4.78, 5) is 20.7. The van der Waals surface area contributed by atoms with Crippen LogP contribution in [0.2, 0.25) is 0 Å². The summed E-state index contributed by atoms with van der Waals surface area (Å²) >= 11 is 1.56. The van der Waals surface area contributed by atoms with Crippen LogP contribution in [-0.2, 0) is 17.9 Å². The molecule has 3 heterocycles. The molecule has 2 aromatic carbocycles. The van der Waals surface area contributed by atoms with Crippen molar-refractivity contribution in [2.75, 3.05) is 36.8 Å². The summed E-state index contributed by atoms with van der Waals surface area (Å²) in [6.45, 7) is 6.72. The molecule has 202 valence electrons. The normalized spacial score (nSPS) is 17.6. The number of hydrogen-bond donors (Lipinski definition) is 3. The SMILES string of the molecule is Cc1cc(CN2CCC(O)CC2)ccc1COc1ccc(N)cc1-c1csc(N2CCC(C(=O)O)CC2)n1. The van der Waals surface area contributed by atoms with Crippen molar-refractivity contribution in [2.24, 2.45) is 5.92 Å². The molecule has 2 fully saturated rings. The van der Waals surface area contributed by atoms with E-state index in [-0.39, 0.29) is 12.0 Å². The summed E-state index contributed by atoms with van der Waals surface area (Å²) in [5.41, 5.74) is 12.0. The first kappa shape index (κ1) is 26.5. The summed E-state index contributed by atoms with van der Waals surface area (Å²) < 4.78 is 6.30. The largest absolute Gasteiger partial charge is 0.488 e. The topological polar surface area (TPSA) is 112 Å². The molecule has 0 unspecified atom stereocenters. The number of benzene rings is 2. The number of carbonyl (C=O) groups is 1. The van der Waals surface area contributed by atoms with Crippen molar-refractivity contribution in [2.45, 2.75) is 51.9 Å². The van der Waals surface area contributed by atoms with E-state index in [0.29, 0.717) is 38.2 Å². The second kappa shape index (κ2) is 11.7. The monoisotopic (exact) mass is 536 g/mol. The minimum absolute atomic E-state index is 0.155. The molecule has 38 heavy (non-hydrogen) atoms. The molecule has 0 bridgehead atoms. The van der Waals surface area contributed by atoms with Crippen LogP contribution in [0.1, 0.15) is 42.4 Å². The highest BCUT2D eigenvalue weighted by Crippen LogP contribution is 2.36. The Balaban J connectivity index is 1.25. The number of aryl methyl sites for hydroxylation is 1. The molecule has 5 rings (SSSR count). The van der Waals surface area contributed by atoms with Gasteiger partial charge in [0.15, 0.2) is 5.13 Å². The van der Waals surface area contributed by atoms with Gasteiger partial charge < -0.3 is 25.6 Å². The van der Waals surface area contributed by atoms with Crippen LogP contribution in [0.15, 0.2) is 41.8 Å². The Hall–Kier alpha value is -3.14. The second-order valence-corrected chi connectivity index (χ2v) is 11.3. The number of hydrogen-bond acceptors (Lipinski definition) is 8. The maximum atomic E-state index is 11.3. The predicted molar refractivity (Wildman–Crippen MR) is 151 cm³/mol. The average Bonchev–Trinajstić information content (AvgIpc) is 3.40. The smallest absolute Gasteiger partial charge is 0.306 e. The van der Waals surface area contributed by atoms with E-state index in [2.05, 4.69) is 34.9 Å². The third kappa shape index (κ3) is 6.28. The number of aromatic nitrogens is 1. The fraction of sp³-hybridized carbons (Fsp3) is 0.448. The van der Waals surface area contributed by atoms with Gasteiger partial charge in [0.2, 0.25) is 0 Å². The molecular weight excluding hydrogens is 500 g/mol. The van der Waals surface area contributed by atoms with E-state index < -0.39 is 5.97 Å². The number of aliphatic hydroxyl groups excluding tert-OH is 1. The Morgan fingerprint density at radius 1 is 1.11 bits per heavy atom. The van der Waals surface area contributed by atoms with Crippen molar-refractivity contribution in [1.82, 2.24) is 9.88 Å². The van der Waals surface area contributed by atoms with E-state index in [0.717, 1.165) is 60.2 Å². The van der Waals surface area contributed by atoms with Crippen molar-refractivity contribution in [3.8, 4) is 17.0 Å². The van der Waals surface area contributed by atoms with E-state index in [1.54, 1.807) is 11.3 Å². The molecule has 0 spiro atoms. The maximum absolute atomic E-state index is 11.3. The lowest BCUT2D eigenvalue weighted by atomic mass is 9.97. The first-order chi connectivity index (χ1) is 18.4. The number of aliphatic carboxylic acids is 1. The molecule has 2 saturated heterocycles. The summed E-state index contributed by atoms with van der Waals surface area (Å²) in [5, 5.41) is 21.9. The third-order valence-corrected chi connectivity index (χ3v) is 8.54. The Morgan fingerprint density at radius 3 is 2.58 bits per heavy atom. The zero-order valence-corrected chi connectivity index (χ0v) is 22.6. The van der Waals surface area contributed by atoms with E-state index >= 15 is 0 Å². The zero-order chi connectivity index (χ0) is 26.6. The lowest BCUT2D eigenvalue weighted by Gasteiger charge is -2.29. The zero-order valence-electron chi connectivity index (χ0n) is 21.8. The Labute approximate surface area is 227 Å². The standard InChI is InChI=1S/C29H36N4O4S/c1-19-14-20(16-32-10-8-24(34)9-11-32)2-3-22(19)17-37-27-5-4-23(30)15-25(27)26-18-38-29(31-26)33-12-6-21(7-13-33)28(35)36/h2-5,14-15,18,21,24,34H,6-13,16-17,30H2,1H3,(H,35,36). The number of ether oxygens (including phenoxy) is 1. The average molecular weight is 537 g/mol.